The Hall–Kier alpha value is -2.68. The summed E-state index contributed by atoms with van der Waals surface area (Å²) in [7, 11) is 0. The summed E-state index contributed by atoms with van der Waals surface area (Å²) < 4.78 is 12.3. The van der Waals surface area contributed by atoms with Gasteiger partial charge in [0.15, 0.2) is 0 Å². The molecule has 2 nitrogen and oxygen atoms in total. The maximum Gasteiger partial charge on any atom is 0.260 e. The van der Waals surface area contributed by atoms with Crippen molar-refractivity contribution in [3.8, 4) is 23.0 Å². The molecule has 3 aromatic carbocycles. The first kappa shape index (κ1) is 11.9. The molecule has 22 heavy (non-hydrogen) atoms. The summed E-state index contributed by atoms with van der Waals surface area (Å²) in [5.41, 5.74) is 4.70. The summed E-state index contributed by atoms with van der Waals surface area (Å²) in [5.74, 6) is 3.72. The fraction of sp³-hybridized carbons (Fsp3) is 0.0526. The molecule has 3 heteroatoms. The van der Waals surface area contributed by atoms with Crippen LogP contribution in [0.1, 0.15) is 5.56 Å². The van der Waals surface area contributed by atoms with Crippen molar-refractivity contribution < 1.29 is 9.47 Å². The number of para-hydroxylation sites is 2. The number of hydrogen-bond donors (Lipinski definition) is 0. The van der Waals surface area contributed by atoms with Crippen LogP contribution in [-0.4, -0.2) is 6.71 Å². The lowest BCUT2D eigenvalue weighted by molar-refractivity contribution is 0.462. The highest BCUT2D eigenvalue weighted by Gasteiger charge is 2.40. The molecule has 0 N–H and O–H groups in total. The topological polar surface area (TPSA) is 18.5 Å². The van der Waals surface area contributed by atoms with E-state index < -0.39 is 0 Å². The fourth-order valence-corrected chi connectivity index (χ4v) is 3.52. The Morgan fingerprint density at radius 2 is 1.32 bits per heavy atom. The summed E-state index contributed by atoms with van der Waals surface area (Å²) >= 11 is 0. The van der Waals surface area contributed by atoms with Crippen molar-refractivity contribution >= 4 is 23.1 Å². The smallest absolute Gasteiger partial charge is 0.260 e. The highest BCUT2D eigenvalue weighted by Crippen LogP contribution is 2.35. The summed E-state index contributed by atoms with van der Waals surface area (Å²) in [5, 5.41) is 0. The lowest BCUT2D eigenvalue weighted by Gasteiger charge is -2.33. The molecule has 0 fully saturated rings. The lowest BCUT2D eigenvalue weighted by atomic mass is 9.35. The minimum atomic E-state index is 0.180. The van der Waals surface area contributed by atoms with Crippen LogP contribution in [0.15, 0.2) is 60.7 Å². The van der Waals surface area contributed by atoms with Gasteiger partial charge in [0, 0.05) is 5.46 Å². The average molecular weight is 284 g/mol. The zero-order valence-electron chi connectivity index (χ0n) is 12.2. The van der Waals surface area contributed by atoms with Crippen molar-refractivity contribution in [2.75, 3.05) is 0 Å². The van der Waals surface area contributed by atoms with Gasteiger partial charge < -0.3 is 9.47 Å². The standard InChI is InChI=1S/C19H13BO2/c1-12-10-11-17-18-19(12)22-16-9-5-3-7-14(16)20(18)13-6-2-4-8-15(13)21-17/h2-11H,1H3. The molecule has 104 valence electrons. The zero-order valence-corrected chi connectivity index (χ0v) is 12.2. The minimum absolute atomic E-state index is 0.180. The van der Waals surface area contributed by atoms with E-state index >= 15 is 0 Å². The Kier molecular flexibility index (Phi) is 2.26. The molecular weight excluding hydrogens is 271 g/mol. The van der Waals surface area contributed by atoms with E-state index in [9.17, 15) is 0 Å². The molecule has 0 saturated carbocycles. The Bertz CT molecular complexity index is 906. The largest absolute Gasteiger partial charge is 0.458 e. The first-order chi connectivity index (χ1) is 10.8. The summed E-state index contributed by atoms with van der Waals surface area (Å²) in [4.78, 5) is 0. The Morgan fingerprint density at radius 1 is 0.682 bits per heavy atom. The van der Waals surface area contributed by atoms with Gasteiger partial charge in [0.1, 0.15) is 23.0 Å². The van der Waals surface area contributed by atoms with Gasteiger partial charge in [0.05, 0.1) is 0 Å². The molecule has 5 rings (SSSR count). The number of fused-ring (bicyclic) bond motifs is 4. The van der Waals surface area contributed by atoms with Crippen molar-refractivity contribution in [1.29, 1.82) is 0 Å². The van der Waals surface area contributed by atoms with Crippen molar-refractivity contribution in [3.05, 3.63) is 66.2 Å². The minimum Gasteiger partial charge on any atom is -0.458 e. The molecular formula is C19H13BO2. The van der Waals surface area contributed by atoms with Crippen molar-refractivity contribution in [2.45, 2.75) is 6.92 Å². The Morgan fingerprint density at radius 3 is 2.05 bits per heavy atom. The average Bonchev–Trinajstić information content (AvgIpc) is 2.57. The molecule has 3 aromatic rings. The van der Waals surface area contributed by atoms with E-state index in [2.05, 4.69) is 43.3 Å². The van der Waals surface area contributed by atoms with Crippen LogP contribution in [0.2, 0.25) is 0 Å². The summed E-state index contributed by atoms with van der Waals surface area (Å²) in [6, 6.07) is 20.7. The van der Waals surface area contributed by atoms with E-state index in [-0.39, 0.29) is 6.71 Å². The number of rotatable bonds is 0. The number of benzene rings is 3. The van der Waals surface area contributed by atoms with Gasteiger partial charge >= 0.3 is 0 Å². The Labute approximate surface area is 129 Å². The first-order valence-electron chi connectivity index (χ1n) is 7.50. The highest BCUT2D eigenvalue weighted by molar-refractivity contribution is 6.98. The predicted molar refractivity (Wildman–Crippen MR) is 88.9 cm³/mol. The fourth-order valence-electron chi connectivity index (χ4n) is 3.52. The molecule has 0 saturated heterocycles. The molecule has 0 aliphatic carbocycles. The van der Waals surface area contributed by atoms with Crippen molar-refractivity contribution in [3.63, 3.8) is 0 Å². The van der Waals surface area contributed by atoms with E-state index in [0.29, 0.717) is 0 Å². The van der Waals surface area contributed by atoms with Gasteiger partial charge in [0.25, 0.3) is 6.71 Å². The van der Waals surface area contributed by atoms with Crippen LogP contribution in [-0.2, 0) is 0 Å². The molecule has 0 bridgehead atoms. The van der Waals surface area contributed by atoms with Crippen molar-refractivity contribution in [2.24, 2.45) is 0 Å². The van der Waals surface area contributed by atoms with Crippen LogP contribution in [0.3, 0.4) is 0 Å². The summed E-state index contributed by atoms with van der Waals surface area (Å²) in [6.07, 6.45) is 0. The molecule has 0 aromatic heterocycles. The SMILES string of the molecule is Cc1ccc2c3c1Oc1ccccc1B3c1ccccc1O2. The quantitative estimate of drug-likeness (QED) is 0.407. The van der Waals surface area contributed by atoms with E-state index in [0.717, 1.165) is 34.0 Å². The van der Waals surface area contributed by atoms with Crippen LogP contribution >= 0.6 is 0 Å². The first-order valence-corrected chi connectivity index (χ1v) is 7.50. The third-order valence-electron chi connectivity index (χ3n) is 4.53. The van der Waals surface area contributed by atoms with Crippen LogP contribution in [0.25, 0.3) is 0 Å². The second kappa shape index (κ2) is 4.17. The monoisotopic (exact) mass is 284 g/mol. The molecule has 0 atom stereocenters. The number of hydrogen-bond acceptors (Lipinski definition) is 2. The van der Waals surface area contributed by atoms with Crippen LogP contribution in [0, 0.1) is 6.92 Å². The van der Waals surface area contributed by atoms with Gasteiger partial charge in [-0.05, 0) is 41.6 Å². The maximum atomic E-state index is 6.19. The van der Waals surface area contributed by atoms with Gasteiger partial charge in [0.2, 0.25) is 0 Å². The molecule has 2 aliphatic rings. The van der Waals surface area contributed by atoms with E-state index in [1.165, 1.54) is 10.9 Å². The third-order valence-corrected chi connectivity index (χ3v) is 4.53. The lowest BCUT2D eigenvalue weighted by Crippen LogP contribution is -2.57. The van der Waals surface area contributed by atoms with Gasteiger partial charge in [-0.1, -0.05) is 42.5 Å². The molecule has 2 heterocycles. The maximum absolute atomic E-state index is 6.19. The van der Waals surface area contributed by atoms with Crippen LogP contribution in [0.4, 0.5) is 0 Å². The predicted octanol–water partition coefficient (Wildman–Crippen LogP) is 2.72. The third kappa shape index (κ3) is 1.46. The molecule has 0 amide bonds. The molecule has 0 spiro atoms. The van der Waals surface area contributed by atoms with E-state index in [4.69, 9.17) is 9.47 Å². The molecule has 0 radical (unpaired) electrons. The van der Waals surface area contributed by atoms with E-state index in [1.807, 2.05) is 24.3 Å². The number of aryl methyl sites for hydroxylation is 1. The van der Waals surface area contributed by atoms with Crippen LogP contribution in [0.5, 0.6) is 23.0 Å². The highest BCUT2D eigenvalue weighted by atomic mass is 16.5. The van der Waals surface area contributed by atoms with Gasteiger partial charge in [-0.2, -0.15) is 0 Å². The van der Waals surface area contributed by atoms with Crippen molar-refractivity contribution in [1.82, 2.24) is 0 Å². The zero-order chi connectivity index (χ0) is 14.7. The van der Waals surface area contributed by atoms with Crippen LogP contribution < -0.4 is 25.9 Å². The normalized spacial score (nSPS) is 13.4. The van der Waals surface area contributed by atoms with Gasteiger partial charge in [-0.3, -0.25) is 0 Å². The molecule has 2 aliphatic heterocycles. The molecule has 0 unspecified atom stereocenters. The number of ether oxygens (including phenoxy) is 2. The van der Waals surface area contributed by atoms with Gasteiger partial charge in [-0.25, -0.2) is 0 Å². The van der Waals surface area contributed by atoms with Gasteiger partial charge in [-0.15, -0.1) is 0 Å². The van der Waals surface area contributed by atoms with E-state index in [1.54, 1.807) is 0 Å². The Balaban J connectivity index is 1.89. The summed E-state index contributed by atoms with van der Waals surface area (Å²) in [6.45, 7) is 2.26. The second-order valence-corrected chi connectivity index (χ2v) is 5.84. The second-order valence-electron chi connectivity index (χ2n) is 5.84.